The molecule has 1 aliphatic rings. The number of carbonyl (C=O) groups excluding carboxylic acids is 3. The third-order valence-corrected chi connectivity index (χ3v) is 6.14. The molecule has 6 heteroatoms. The molecule has 0 bridgehead atoms. The maximum Gasteiger partial charge on any atom is 0.291 e. The lowest BCUT2D eigenvalue weighted by atomic mass is 9.86. The Hall–Kier alpha value is -3.25. The molecule has 3 rings (SSSR count). The van der Waals surface area contributed by atoms with Gasteiger partial charge in [-0.3, -0.25) is 14.4 Å². The highest BCUT2D eigenvalue weighted by molar-refractivity contribution is 6.44. The van der Waals surface area contributed by atoms with Crippen molar-refractivity contribution >= 4 is 17.5 Å². The fraction of sp³-hybridized carbons (Fsp3) is 0.370. The summed E-state index contributed by atoms with van der Waals surface area (Å²) in [6.07, 6.45) is 1.65. The van der Waals surface area contributed by atoms with Gasteiger partial charge in [0.15, 0.2) is 5.78 Å². The van der Waals surface area contributed by atoms with E-state index in [1.807, 2.05) is 37.3 Å². The number of hydrogen-bond acceptors (Lipinski definition) is 5. The van der Waals surface area contributed by atoms with Crippen molar-refractivity contribution in [3.05, 3.63) is 77.9 Å². The Labute approximate surface area is 195 Å². The smallest absolute Gasteiger partial charge is 0.291 e. The number of aryl methyl sites for hydroxylation is 1. The van der Waals surface area contributed by atoms with Crippen LogP contribution in [0.1, 0.15) is 41.4 Å². The summed E-state index contributed by atoms with van der Waals surface area (Å²) in [6.45, 7) is 12.7. The second kappa shape index (κ2) is 11.1. The highest BCUT2D eigenvalue weighted by atomic mass is 16.5. The van der Waals surface area contributed by atoms with Crippen molar-refractivity contribution < 1.29 is 19.1 Å². The monoisotopic (exact) mass is 448 g/mol. The minimum Gasteiger partial charge on any atom is -0.490 e. The lowest BCUT2D eigenvalue weighted by Crippen LogP contribution is -2.38. The van der Waals surface area contributed by atoms with Crippen molar-refractivity contribution in [2.75, 3.05) is 32.8 Å². The summed E-state index contributed by atoms with van der Waals surface area (Å²) >= 11 is 0. The van der Waals surface area contributed by atoms with E-state index < -0.39 is 23.7 Å². The van der Waals surface area contributed by atoms with Crippen LogP contribution in [0.25, 0.3) is 0 Å². The van der Waals surface area contributed by atoms with Crippen molar-refractivity contribution in [3.8, 4) is 5.75 Å². The summed E-state index contributed by atoms with van der Waals surface area (Å²) in [6, 6.07) is 13.7. The number of likely N-dealkylation sites (N-methyl/N-ethyl adjacent to an activating group) is 1. The van der Waals surface area contributed by atoms with Gasteiger partial charge in [-0.05, 0) is 37.7 Å². The second-order valence-electron chi connectivity index (χ2n) is 8.21. The van der Waals surface area contributed by atoms with Gasteiger partial charge in [0.25, 0.3) is 5.91 Å². The molecule has 1 heterocycles. The molecular weight excluding hydrogens is 416 g/mol. The number of nitrogens with zero attached hydrogens (tertiary/aromatic N) is 2. The number of rotatable bonds is 11. The molecule has 174 valence electrons. The van der Waals surface area contributed by atoms with Gasteiger partial charge in [-0.1, -0.05) is 68.5 Å². The van der Waals surface area contributed by atoms with E-state index in [4.69, 9.17) is 4.74 Å². The minimum absolute atomic E-state index is 0.332. The van der Waals surface area contributed by atoms with Gasteiger partial charge in [-0.15, -0.1) is 0 Å². The van der Waals surface area contributed by atoms with E-state index in [0.717, 1.165) is 18.7 Å². The first-order chi connectivity index (χ1) is 15.9. The largest absolute Gasteiger partial charge is 0.490 e. The lowest BCUT2D eigenvalue weighted by molar-refractivity contribution is -0.140. The van der Waals surface area contributed by atoms with Crippen LogP contribution < -0.4 is 4.74 Å². The normalized spacial score (nSPS) is 18.1. The maximum atomic E-state index is 13.5. The molecule has 33 heavy (non-hydrogen) atoms. The van der Waals surface area contributed by atoms with E-state index in [1.165, 1.54) is 0 Å². The Bertz CT molecular complexity index is 1010. The van der Waals surface area contributed by atoms with Crippen LogP contribution in [0.2, 0.25) is 0 Å². The number of hydrogen-bond donors (Lipinski definition) is 0. The van der Waals surface area contributed by atoms with Crippen LogP contribution >= 0.6 is 0 Å². The maximum absolute atomic E-state index is 13.5. The quantitative estimate of drug-likeness (QED) is 0.226. The molecule has 0 spiro atoms. The molecule has 0 aliphatic carbocycles. The molecule has 0 radical (unpaired) electrons. The molecule has 1 amide bonds. The van der Waals surface area contributed by atoms with Gasteiger partial charge in [0.2, 0.25) is 5.78 Å². The Kier molecular flexibility index (Phi) is 8.17. The van der Waals surface area contributed by atoms with Crippen molar-refractivity contribution in [2.24, 2.45) is 5.92 Å². The van der Waals surface area contributed by atoms with Gasteiger partial charge >= 0.3 is 0 Å². The number of Topliss-reactive ketones (excluding diaryl/α,β-unsaturated/α-hetero) is 2. The van der Waals surface area contributed by atoms with Crippen LogP contribution in [0.3, 0.4) is 0 Å². The van der Waals surface area contributed by atoms with Gasteiger partial charge in [-0.25, -0.2) is 0 Å². The molecule has 1 saturated heterocycles. The second-order valence-corrected chi connectivity index (χ2v) is 8.21. The Morgan fingerprint density at radius 1 is 1.12 bits per heavy atom. The Morgan fingerprint density at radius 2 is 1.82 bits per heavy atom. The van der Waals surface area contributed by atoms with Gasteiger partial charge in [0.1, 0.15) is 18.3 Å². The minimum atomic E-state index is -1.09. The lowest BCUT2D eigenvalue weighted by Gasteiger charge is -2.29. The summed E-state index contributed by atoms with van der Waals surface area (Å²) in [5, 5.41) is 0. The zero-order valence-electron chi connectivity index (χ0n) is 19.6. The molecule has 1 aliphatic heterocycles. The Balaban J connectivity index is 2.01. The average molecular weight is 449 g/mol. The zero-order valence-corrected chi connectivity index (χ0v) is 19.6. The molecule has 2 unspecified atom stereocenters. The Morgan fingerprint density at radius 3 is 2.45 bits per heavy atom. The molecule has 0 aromatic heterocycles. The van der Waals surface area contributed by atoms with Crippen LogP contribution in [0, 0.1) is 12.8 Å². The van der Waals surface area contributed by atoms with Crippen molar-refractivity contribution in [1.29, 1.82) is 0 Å². The van der Waals surface area contributed by atoms with Crippen LogP contribution in [-0.4, -0.2) is 60.1 Å². The van der Waals surface area contributed by atoms with E-state index in [-0.39, 0.29) is 5.78 Å². The first-order valence-corrected chi connectivity index (χ1v) is 11.4. The summed E-state index contributed by atoms with van der Waals surface area (Å²) < 4.78 is 5.67. The SMILES string of the molecule is C=CCOc1cccc(C2C(C(=O)c3ccc(C)cc3)C(=O)C(=O)N2CCN(CC)CC)c1. The predicted octanol–water partition coefficient (Wildman–Crippen LogP) is 3.85. The van der Waals surface area contributed by atoms with Crippen molar-refractivity contribution in [3.63, 3.8) is 0 Å². The third kappa shape index (κ3) is 5.40. The van der Waals surface area contributed by atoms with E-state index in [0.29, 0.717) is 36.6 Å². The van der Waals surface area contributed by atoms with Crippen molar-refractivity contribution in [2.45, 2.75) is 26.8 Å². The van der Waals surface area contributed by atoms with Gasteiger partial charge in [-0.2, -0.15) is 0 Å². The van der Waals surface area contributed by atoms with E-state index in [1.54, 1.807) is 29.2 Å². The van der Waals surface area contributed by atoms with E-state index >= 15 is 0 Å². The predicted molar refractivity (Wildman–Crippen MR) is 128 cm³/mol. The van der Waals surface area contributed by atoms with Gasteiger partial charge in [0.05, 0.1) is 6.04 Å². The fourth-order valence-electron chi connectivity index (χ4n) is 4.23. The highest BCUT2D eigenvalue weighted by Crippen LogP contribution is 2.39. The molecule has 0 N–H and O–H groups in total. The van der Waals surface area contributed by atoms with Gasteiger partial charge in [0, 0.05) is 18.7 Å². The molecule has 2 aromatic rings. The molecule has 2 atom stereocenters. The summed E-state index contributed by atoms with van der Waals surface area (Å²) in [7, 11) is 0. The van der Waals surface area contributed by atoms with E-state index in [9.17, 15) is 14.4 Å². The zero-order chi connectivity index (χ0) is 24.0. The number of carbonyl (C=O) groups is 3. The first kappa shape index (κ1) is 24.4. The number of benzene rings is 2. The molecule has 0 saturated carbocycles. The van der Waals surface area contributed by atoms with Crippen LogP contribution in [-0.2, 0) is 9.59 Å². The fourth-order valence-corrected chi connectivity index (χ4v) is 4.23. The summed E-state index contributed by atoms with van der Waals surface area (Å²) in [4.78, 5) is 43.5. The highest BCUT2D eigenvalue weighted by Gasteiger charge is 2.51. The van der Waals surface area contributed by atoms with E-state index in [2.05, 4.69) is 25.3 Å². The number of ketones is 2. The first-order valence-electron chi connectivity index (χ1n) is 11.4. The van der Waals surface area contributed by atoms with Crippen LogP contribution in [0.4, 0.5) is 0 Å². The number of likely N-dealkylation sites (tertiary alicyclic amines) is 1. The van der Waals surface area contributed by atoms with Crippen LogP contribution in [0.5, 0.6) is 5.75 Å². The average Bonchev–Trinajstić information content (AvgIpc) is 3.08. The third-order valence-electron chi connectivity index (χ3n) is 6.14. The number of ether oxygens (including phenoxy) is 1. The molecule has 2 aromatic carbocycles. The van der Waals surface area contributed by atoms with Gasteiger partial charge < -0.3 is 14.5 Å². The van der Waals surface area contributed by atoms with Crippen LogP contribution in [0.15, 0.2) is 61.2 Å². The standard InChI is InChI=1S/C27H32N2O4/c1-5-17-33-22-10-8-9-21(18-22)24-23(25(30)20-13-11-19(4)12-14-20)26(31)27(32)29(24)16-15-28(6-2)7-3/h5,8-14,18,23-24H,1,6-7,15-17H2,2-4H3. The number of amides is 1. The molecule has 1 fully saturated rings. The molecule has 6 nitrogen and oxygen atoms in total. The van der Waals surface area contributed by atoms with Crippen molar-refractivity contribution in [1.82, 2.24) is 9.80 Å². The molecular formula is C27H32N2O4. The summed E-state index contributed by atoms with van der Waals surface area (Å²) in [5.41, 5.74) is 2.16. The topological polar surface area (TPSA) is 66.9 Å². The summed E-state index contributed by atoms with van der Waals surface area (Å²) in [5.74, 6) is -2.07.